The second kappa shape index (κ2) is 6.90. The molecule has 1 aliphatic carbocycles. The number of rotatable bonds is 5. The van der Waals surface area contributed by atoms with Gasteiger partial charge >= 0.3 is 6.08 Å². The maximum atomic E-state index is 12.6. The molecule has 0 aliphatic heterocycles. The van der Waals surface area contributed by atoms with Crippen molar-refractivity contribution in [3.05, 3.63) is 36.0 Å². The van der Waals surface area contributed by atoms with E-state index >= 15 is 0 Å². The zero-order chi connectivity index (χ0) is 18.0. The molecule has 134 valence electrons. The molecule has 0 saturated heterocycles. The number of carbonyl (C=O) groups is 1. The maximum absolute atomic E-state index is 12.6. The summed E-state index contributed by atoms with van der Waals surface area (Å²) in [5.41, 5.74) is 2.55. The Hall–Kier alpha value is -2.30. The van der Waals surface area contributed by atoms with Crippen molar-refractivity contribution < 1.29 is 13.9 Å². The molecule has 0 spiro atoms. The smallest absolute Gasteiger partial charge is 0.395 e. The molecule has 2 atom stereocenters. The van der Waals surface area contributed by atoms with Crippen molar-refractivity contribution in [3.8, 4) is 6.08 Å². The molecular weight excluding hydrogens is 316 g/mol. The maximum Gasteiger partial charge on any atom is 0.395 e. The van der Waals surface area contributed by atoms with Gasteiger partial charge in [0.2, 0.25) is 0 Å². The fourth-order valence-electron chi connectivity index (χ4n) is 3.59. The number of benzene rings is 1. The van der Waals surface area contributed by atoms with Crippen LogP contribution in [0.4, 0.5) is 0 Å². The first-order valence-electron chi connectivity index (χ1n) is 8.90. The summed E-state index contributed by atoms with van der Waals surface area (Å²) < 4.78 is 11.3. The van der Waals surface area contributed by atoms with Gasteiger partial charge in [-0.05, 0) is 42.7 Å². The monoisotopic (exact) mass is 342 g/mol. The van der Waals surface area contributed by atoms with Crippen LogP contribution in [-0.2, 0) is 4.79 Å². The Morgan fingerprint density at radius 1 is 1.44 bits per heavy atom. The van der Waals surface area contributed by atoms with Crippen LogP contribution >= 0.6 is 0 Å². The van der Waals surface area contributed by atoms with Gasteiger partial charge in [0.05, 0.1) is 0 Å². The highest BCUT2D eigenvalue weighted by Crippen LogP contribution is 2.37. The number of carbonyl (C=O) groups excluding carboxylic acids is 1. The molecule has 5 nitrogen and oxygen atoms in total. The number of allylic oxidation sites excluding steroid dienone is 2. The number of hydrogen-bond acceptors (Lipinski definition) is 4. The van der Waals surface area contributed by atoms with E-state index in [-0.39, 0.29) is 17.4 Å². The molecule has 0 saturated carbocycles. The van der Waals surface area contributed by atoms with Gasteiger partial charge in [0.25, 0.3) is 5.91 Å². The van der Waals surface area contributed by atoms with Crippen molar-refractivity contribution in [2.24, 2.45) is 11.3 Å². The highest BCUT2D eigenvalue weighted by atomic mass is 16.6. The van der Waals surface area contributed by atoms with Gasteiger partial charge in [-0.25, -0.2) is 0 Å². The molecule has 5 heteroatoms. The van der Waals surface area contributed by atoms with Gasteiger partial charge in [-0.1, -0.05) is 45.9 Å². The van der Waals surface area contributed by atoms with Crippen molar-refractivity contribution in [1.82, 2.24) is 10.3 Å². The molecule has 0 bridgehead atoms. The number of nitrogens with one attached hydrogen (secondary N) is 1. The number of aromatic nitrogens is 1. The van der Waals surface area contributed by atoms with Gasteiger partial charge in [-0.3, -0.25) is 4.79 Å². The van der Waals surface area contributed by atoms with E-state index in [1.54, 1.807) is 0 Å². The Labute approximate surface area is 148 Å². The van der Waals surface area contributed by atoms with E-state index < -0.39 is 6.10 Å². The lowest BCUT2D eigenvalue weighted by molar-refractivity contribution is -0.128. The average Bonchev–Trinajstić information content (AvgIpc) is 2.92. The summed E-state index contributed by atoms with van der Waals surface area (Å²) in [5, 5.41) is 3.04. The van der Waals surface area contributed by atoms with Crippen LogP contribution < -0.4 is 10.1 Å². The molecule has 0 radical (unpaired) electrons. The average molecular weight is 342 g/mol. The second-order valence-electron chi connectivity index (χ2n) is 7.67. The Kier molecular flexibility index (Phi) is 4.84. The summed E-state index contributed by atoms with van der Waals surface area (Å²) in [6.45, 7) is 8.55. The number of fused-ring (bicyclic) bond motifs is 1. The summed E-state index contributed by atoms with van der Waals surface area (Å²) in [7, 11) is 0. The minimum Gasteiger partial charge on any atom is -0.437 e. The lowest BCUT2D eigenvalue weighted by atomic mass is 9.75. The molecule has 2 unspecified atom stereocenters. The van der Waals surface area contributed by atoms with E-state index in [0.717, 1.165) is 24.1 Å². The van der Waals surface area contributed by atoms with Crippen molar-refractivity contribution in [2.45, 2.75) is 53.1 Å². The topological polar surface area (TPSA) is 64.4 Å². The predicted molar refractivity (Wildman–Crippen MR) is 97.1 cm³/mol. The summed E-state index contributed by atoms with van der Waals surface area (Å²) >= 11 is 0. The quantitative estimate of drug-likeness (QED) is 0.872. The Morgan fingerprint density at radius 3 is 2.88 bits per heavy atom. The van der Waals surface area contributed by atoms with E-state index in [4.69, 9.17) is 9.15 Å². The van der Waals surface area contributed by atoms with Crippen LogP contribution in [0.25, 0.3) is 11.1 Å². The highest BCUT2D eigenvalue weighted by Gasteiger charge is 2.29. The standard InChI is InChI=1S/C20H26N2O3/c1-5-16(24-19-22-15-8-6-7-9-17(15)25-19)18(23)21-14-10-13(2)11-20(3,4)12-14/h6-10,13,16H,5,11-12H2,1-4H3,(H,21,23). The third kappa shape index (κ3) is 4.21. The first-order chi connectivity index (χ1) is 11.9. The molecule has 3 rings (SSSR count). The fourth-order valence-corrected chi connectivity index (χ4v) is 3.59. The largest absolute Gasteiger partial charge is 0.437 e. The van der Waals surface area contributed by atoms with E-state index in [1.807, 2.05) is 31.2 Å². The van der Waals surface area contributed by atoms with E-state index in [0.29, 0.717) is 17.9 Å². The normalized spacial score (nSPS) is 20.8. The minimum atomic E-state index is -0.630. The van der Waals surface area contributed by atoms with Crippen LogP contribution in [0.5, 0.6) is 6.08 Å². The summed E-state index contributed by atoms with van der Waals surface area (Å²) in [6, 6.07) is 7.44. The minimum absolute atomic E-state index is 0.134. The van der Waals surface area contributed by atoms with Gasteiger partial charge in [0.1, 0.15) is 5.52 Å². The Morgan fingerprint density at radius 2 is 2.20 bits per heavy atom. The fraction of sp³-hybridized carbons (Fsp3) is 0.500. The SMILES string of the molecule is CCC(Oc1nc2ccccc2o1)C(=O)NC1=CC(C)CC(C)(C)C1. The van der Waals surface area contributed by atoms with E-state index in [9.17, 15) is 4.79 Å². The summed E-state index contributed by atoms with van der Waals surface area (Å²) in [5.74, 6) is 0.304. The number of ether oxygens (including phenoxy) is 1. The molecule has 1 N–H and O–H groups in total. The number of para-hydroxylation sites is 2. The Bertz CT molecular complexity index is 758. The summed E-state index contributed by atoms with van der Waals surface area (Å²) in [4.78, 5) is 16.9. The van der Waals surface area contributed by atoms with Crippen molar-refractivity contribution in [2.75, 3.05) is 0 Å². The van der Waals surface area contributed by atoms with E-state index in [2.05, 4.69) is 37.1 Å². The van der Waals surface area contributed by atoms with Crippen LogP contribution in [0.15, 0.2) is 40.5 Å². The molecule has 1 amide bonds. The molecule has 2 aromatic rings. The number of amides is 1. The third-order valence-electron chi connectivity index (χ3n) is 4.49. The number of nitrogens with zero attached hydrogens (tertiary/aromatic N) is 1. The van der Waals surface area contributed by atoms with E-state index in [1.165, 1.54) is 0 Å². The van der Waals surface area contributed by atoms with Gasteiger partial charge in [0.15, 0.2) is 11.7 Å². The van der Waals surface area contributed by atoms with Crippen LogP contribution in [0.2, 0.25) is 0 Å². The van der Waals surface area contributed by atoms with Crippen LogP contribution in [-0.4, -0.2) is 17.0 Å². The molecule has 25 heavy (non-hydrogen) atoms. The van der Waals surface area contributed by atoms with Crippen molar-refractivity contribution in [3.63, 3.8) is 0 Å². The molecule has 1 aromatic heterocycles. The molecular formula is C20H26N2O3. The number of oxazole rings is 1. The lowest BCUT2D eigenvalue weighted by Gasteiger charge is -2.33. The lowest BCUT2D eigenvalue weighted by Crippen LogP contribution is -2.39. The Balaban J connectivity index is 1.69. The van der Waals surface area contributed by atoms with Crippen LogP contribution in [0.1, 0.15) is 47.0 Å². The molecule has 0 fully saturated rings. The first-order valence-corrected chi connectivity index (χ1v) is 8.90. The van der Waals surface area contributed by atoms with Gasteiger partial charge in [-0.15, -0.1) is 0 Å². The molecule has 1 aromatic carbocycles. The van der Waals surface area contributed by atoms with Crippen LogP contribution in [0, 0.1) is 11.3 Å². The van der Waals surface area contributed by atoms with Crippen molar-refractivity contribution in [1.29, 1.82) is 0 Å². The highest BCUT2D eigenvalue weighted by molar-refractivity contribution is 5.82. The predicted octanol–water partition coefficient (Wildman–Crippen LogP) is 4.44. The second-order valence-corrected chi connectivity index (χ2v) is 7.67. The van der Waals surface area contributed by atoms with Crippen LogP contribution in [0.3, 0.4) is 0 Å². The van der Waals surface area contributed by atoms with Gasteiger partial charge in [-0.2, -0.15) is 4.98 Å². The zero-order valence-corrected chi connectivity index (χ0v) is 15.3. The van der Waals surface area contributed by atoms with Gasteiger partial charge in [0, 0.05) is 5.70 Å². The third-order valence-corrected chi connectivity index (χ3v) is 4.49. The van der Waals surface area contributed by atoms with Gasteiger partial charge < -0.3 is 14.5 Å². The molecule has 1 heterocycles. The zero-order valence-electron chi connectivity index (χ0n) is 15.3. The number of hydrogen-bond donors (Lipinski definition) is 1. The summed E-state index contributed by atoms with van der Waals surface area (Å²) in [6.07, 6.45) is 4.18. The van der Waals surface area contributed by atoms with Crippen molar-refractivity contribution >= 4 is 17.0 Å². The first kappa shape index (κ1) is 17.5. The molecule has 1 aliphatic rings.